The fraction of sp³-hybridized carbons (Fsp3) is 0.409. The molecule has 1 N–H and O–H groups in total. The van der Waals surface area contributed by atoms with Crippen LogP contribution in [0.3, 0.4) is 0 Å². The number of carbonyl (C=O) groups excluding carboxylic acids is 1. The summed E-state index contributed by atoms with van der Waals surface area (Å²) in [6.07, 6.45) is 4.93. The topological polar surface area (TPSA) is 69.7 Å². The van der Waals surface area contributed by atoms with Gasteiger partial charge >= 0.3 is 0 Å². The fourth-order valence-corrected chi connectivity index (χ4v) is 4.99. The number of nitrogens with one attached hydrogen (secondary N) is 1. The van der Waals surface area contributed by atoms with Crippen LogP contribution < -0.4 is 14.5 Å². The molecule has 1 amide bonds. The van der Waals surface area contributed by atoms with E-state index >= 15 is 0 Å². The number of halogens is 1. The van der Waals surface area contributed by atoms with E-state index in [2.05, 4.69) is 10.2 Å². The van der Waals surface area contributed by atoms with Crippen molar-refractivity contribution in [1.82, 2.24) is 0 Å². The maximum atomic E-state index is 13.3. The number of hydrogen-bond acceptors (Lipinski definition) is 4. The predicted molar refractivity (Wildman–Crippen MR) is 119 cm³/mol. The summed E-state index contributed by atoms with van der Waals surface area (Å²) < 4.78 is 39.2. The molecule has 1 fully saturated rings. The Balaban J connectivity index is 1.77. The molecule has 1 saturated heterocycles. The molecule has 1 aliphatic rings. The van der Waals surface area contributed by atoms with Gasteiger partial charge < -0.3 is 10.2 Å². The van der Waals surface area contributed by atoms with Crippen LogP contribution in [0.2, 0.25) is 0 Å². The molecule has 0 radical (unpaired) electrons. The molecule has 2 aromatic rings. The minimum absolute atomic E-state index is 0.251. The molecule has 1 heterocycles. The highest BCUT2D eigenvalue weighted by molar-refractivity contribution is 7.92. The molecule has 2 aromatic carbocycles. The third-order valence-electron chi connectivity index (χ3n) is 5.27. The molecule has 162 valence electrons. The van der Waals surface area contributed by atoms with Crippen molar-refractivity contribution in [2.45, 2.75) is 38.6 Å². The summed E-state index contributed by atoms with van der Waals surface area (Å²) in [5.41, 5.74) is 1.97. The van der Waals surface area contributed by atoms with Crippen molar-refractivity contribution in [3.05, 3.63) is 54.3 Å². The van der Waals surface area contributed by atoms with Gasteiger partial charge in [-0.05, 0) is 74.2 Å². The van der Waals surface area contributed by atoms with Gasteiger partial charge in [0.15, 0.2) is 0 Å². The molecule has 0 spiro atoms. The molecule has 3 rings (SSSR count). The van der Waals surface area contributed by atoms with Gasteiger partial charge in [-0.15, -0.1) is 0 Å². The predicted octanol–water partition coefficient (Wildman–Crippen LogP) is 4.00. The molecule has 8 heteroatoms. The van der Waals surface area contributed by atoms with Gasteiger partial charge in [0.1, 0.15) is 11.9 Å². The molecule has 0 bridgehead atoms. The van der Waals surface area contributed by atoms with Crippen LogP contribution in [-0.4, -0.2) is 39.7 Å². The summed E-state index contributed by atoms with van der Waals surface area (Å²) in [5, 5.41) is 2.82. The maximum Gasteiger partial charge on any atom is 0.248 e. The SMILES string of the molecule is CC[C@H](C(=O)Nc1ccc(N2CCCCC2)cc1)N(c1ccc(F)cc1)S(C)(=O)=O. The van der Waals surface area contributed by atoms with Crippen LogP contribution in [0, 0.1) is 5.82 Å². The number of rotatable bonds is 7. The van der Waals surface area contributed by atoms with Crippen LogP contribution in [0.15, 0.2) is 48.5 Å². The number of hydrogen-bond donors (Lipinski definition) is 1. The quantitative estimate of drug-likeness (QED) is 0.717. The van der Waals surface area contributed by atoms with E-state index in [0.717, 1.165) is 29.3 Å². The highest BCUT2D eigenvalue weighted by atomic mass is 32.2. The van der Waals surface area contributed by atoms with E-state index in [0.29, 0.717) is 5.69 Å². The zero-order chi connectivity index (χ0) is 21.7. The van der Waals surface area contributed by atoms with E-state index < -0.39 is 27.8 Å². The summed E-state index contributed by atoms with van der Waals surface area (Å²) in [4.78, 5) is 15.3. The van der Waals surface area contributed by atoms with Gasteiger partial charge in [0.25, 0.3) is 0 Å². The maximum absolute atomic E-state index is 13.3. The minimum atomic E-state index is -3.76. The van der Waals surface area contributed by atoms with Crippen molar-refractivity contribution in [3.8, 4) is 0 Å². The van der Waals surface area contributed by atoms with Crippen LogP contribution in [-0.2, 0) is 14.8 Å². The molecule has 0 unspecified atom stereocenters. The Morgan fingerprint density at radius 2 is 1.67 bits per heavy atom. The van der Waals surface area contributed by atoms with Crippen molar-refractivity contribution in [1.29, 1.82) is 0 Å². The van der Waals surface area contributed by atoms with E-state index in [1.807, 2.05) is 24.3 Å². The van der Waals surface area contributed by atoms with Crippen molar-refractivity contribution in [2.24, 2.45) is 0 Å². The largest absolute Gasteiger partial charge is 0.372 e. The number of sulfonamides is 1. The highest BCUT2D eigenvalue weighted by Crippen LogP contribution is 2.25. The van der Waals surface area contributed by atoms with Gasteiger partial charge in [0.05, 0.1) is 11.9 Å². The van der Waals surface area contributed by atoms with Crippen LogP contribution in [0.1, 0.15) is 32.6 Å². The molecule has 1 atom stereocenters. The van der Waals surface area contributed by atoms with Gasteiger partial charge in [-0.2, -0.15) is 0 Å². The molecule has 30 heavy (non-hydrogen) atoms. The number of anilines is 3. The monoisotopic (exact) mass is 433 g/mol. The lowest BCUT2D eigenvalue weighted by Crippen LogP contribution is -2.47. The standard InChI is InChI=1S/C22H28FN3O3S/c1-3-21(26(30(2,28)29)20-11-7-17(23)8-12-20)22(27)24-18-9-13-19(14-10-18)25-15-5-4-6-16-25/h7-14,21H,3-6,15-16H2,1-2H3,(H,24,27)/t21-/m1/s1. The van der Waals surface area contributed by atoms with E-state index in [1.54, 1.807) is 6.92 Å². The van der Waals surface area contributed by atoms with Crippen LogP contribution in [0.5, 0.6) is 0 Å². The highest BCUT2D eigenvalue weighted by Gasteiger charge is 2.31. The summed E-state index contributed by atoms with van der Waals surface area (Å²) >= 11 is 0. The van der Waals surface area contributed by atoms with E-state index in [9.17, 15) is 17.6 Å². The summed E-state index contributed by atoms with van der Waals surface area (Å²) in [6.45, 7) is 3.81. The van der Waals surface area contributed by atoms with Crippen LogP contribution in [0.25, 0.3) is 0 Å². The first-order valence-corrected chi connectivity index (χ1v) is 12.1. The smallest absolute Gasteiger partial charge is 0.248 e. The lowest BCUT2D eigenvalue weighted by Gasteiger charge is -2.30. The number of piperidine rings is 1. The van der Waals surface area contributed by atoms with Crippen molar-refractivity contribution >= 4 is 33.0 Å². The Morgan fingerprint density at radius 1 is 1.07 bits per heavy atom. The molecule has 0 aliphatic carbocycles. The second-order valence-corrected chi connectivity index (χ2v) is 9.40. The number of nitrogens with zero attached hydrogens (tertiary/aromatic N) is 2. The fourth-order valence-electron chi connectivity index (χ4n) is 3.78. The Morgan fingerprint density at radius 3 is 2.20 bits per heavy atom. The van der Waals surface area contributed by atoms with Gasteiger partial charge in [0, 0.05) is 24.5 Å². The van der Waals surface area contributed by atoms with E-state index in [1.165, 1.54) is 43.5 Å². The average Bonchev–Trinajstić information content (AvgIpc) is 2.73. The third kappa shape index (κ3) is 5.30. The molecule has 1 aliphatic heterocycles. The number of amides is 1. The number of carbonyl (C=O) groups is 1. The second-order valence-electron chi connectivity index (χ2n) is 7.54. The molecule has 0 aromatic heterocycles. The summed E-state index contributed by atoms with van der Waals surface area (Å²) in [7, 11) is -3.76. The van der Waals surface area contributed by atoms with Crippen molar-refractivity contribution < 1.29 is 17.6 Å². The Labute approximate surface area is 177 Å². The van der Waals surface area contributed by atoms with Gasteiger partial charge in [-0.3, -0.25) is 9.10 Å². The third-order valence-corrected chi connectivity index (χ3v) is 6.45. The Hall–Kier alpha value is -2.61. The molecular weight excluding hydrogens is 405 g/mol. The number of benzene rings is 2. The zero-order valence-electron chi connectivity index (χ0n) is 17.3. The first-order valence-electron chi connectivity index (χ1n) is 10.2. The molecule has 0 saturated carbocycles. The lowest BCUT2D eigenvalue weighted by atomic mass is 10.1. The lowest BCUT2D eigenvalue weighted by molar-refractivity contribution is -0.117. The average molecular weight is 434 g/mol. The normalized spacial score (nSPS) is 15.5. The van der Waals surface area contributed by atoms with Crippen LogP contribution >= 0.6 is 0 Å². The zero-order valence-corrected chi connectivity index (χ0v) is 18.2. The molecule has 6 nitrogen and oxygen atoms in total. The van der Waals surface area contributed by atoms with E-state index in [4.69, 9.17) is 0 Å². The Kier molecular flexibility index (Phi) is 6.97. The van der Waals surface area contributed by atoms with E-state index in [-0.39, 0.29) is 12.1 Å². The van der Waals surface area contributed by atoms with Crippen molar-refractivity contribution in [3.63, 3.8) is 0 Å². The minimum Gasteiger partial charge on any atom is -0.372 e. The van der Waals surface area contributed by atoms with Crippen molar-refractivity contribution in [2.75, 3.05) is 33.9 Å². The first-order chi connectivity index (χ1) is 14.3. The second kappa shape index (κ2) is 9.47. The molecular formula is C22H28FN3O3S. The van der Waals surface area contributed by atoms with Gasteiger partial charge in [-0.1, -0.05) is 6.92 Å². The van der Waals surface area contributed by atoms with Gasteiger partial charge in [0.2, 0.25) is 15.9 Å². The summed E-state index contributed by atoms with van der Waals surface area (Å²) in [5.74, 6) is -0.906. The Bertz CT molecular complexity index is 956. The van der Waals surface area contributed by atoms with Crippen LogP contribution in [0.4, 0.5) is 21.5 Å². The first kappa shape index (κ1) is 22.1. The van der Waals surface area contributed by atoms with Gasteiger partial charge in [-0.25, -0.2) is 12.8 Å². The summed E-state index contributed by atoms with van der Waals surface area (Å²) in [6, 6.07) is 11.7.